The average Bonchev–Trinajstić information content (AvgIpc) is 3.36. The maximum atomic E-state index is 12.9. The van der Waals surface area contributed by atoms with Gasteiger partial charge in [-0.05, 0) is 26.7 Å². The Morgan fingerprint density at radius 1 is 0.976 bits per heavy atom. The lowest BCUT2D eigenvalue weighted by atomic mass is 9.92. The summed E-state index contributed by atoms with van der Waals surface area (Å²) in [6, 6.07) is 0. The number of anilines is 1. The minimum atomic E-state index is -2.68. The van der Waals surface area contributed by atoms with Crippen LogP contribution in [0.1, 0.15) is 117 Å². The van der Waals surface area contributed by atoms with Gasteiger partial charge in [-0.25, -0.2) is 15.0 Å². The molecule has 2 rings (SSSR count). The number of carboxylic acid groups (broad SMARTS) is 1. The Balaban J connectivity index is 1.75. The van der Waals surface area contributed by atoms with Gasteiger partial charge in [-0.2, -0.15) is 0 Å². The summed E-state index contributed by atoms with van der Waals surface area (Å²) < 4.78 is 26.3. The van der Waals surface area contributed by atoms with E-state index >= 15 is 0 Å². The van der Waals surface area contributed by atoms with Crippen LogP contribution in [0.4, 0.5) is 5.82 Å². The van der Waals surface area contributed by atoms with Gasteiger partial charge < -0.3 is 29.8 Å². The summed E-state index contributed by atoms with van der Waals surface area (Å²) in [5.41, 5.74) is 6.94. The number of imidazole rings is 1. The molecule has 0 bridgehead atoms. The van der Waals surface area contributed by atoms with Crippen molar-refractivity contribution in [3.63, 3.8) is 0 Å². The van der Waals surface area contributed by atoms with Crippen molar-refractivity contribution in [3.05, 3.63) is 12.7 Å². The van der Waals surface area contributed by atoms with Gasteiger partial charge in [0.2, 0.25) is 8.03 Å². The van der Waals surface area contributed by atoms with Crippen LogP contribution >= 0.6 is 8.03 Å². The predicted molar refractivity (Wildman–Crippen MR) is 167 cm³/mol. The monoisotopic (exact) mass is 611 g/mol. The lowest BCUT2D eigenvalue weighted by Gasteiger charge is -2.25. The van der Waals surface area contributed by atoms with Gasteiger partial charge in [0.25, 0.3) is 0 Å². The second-order valence-electron chi connectivity index (χ2n) is 11.5. The number of aliphatic carboxylic acids is 1. The van der Waals surface area contributed by atoms with Gasteiger partial charge in [-0.1, -0.05) is 90.4 Å². The zero-order chi connectivity index (χ0) is 30.7. The zero-order valence-corrected chi connectivity index (χ0v) is 26.9. The number of hydrogen-bond acceptors (Lipinski definition) is 9. The van der Waals surface area contributed by atoms with Gasteiger partial charge in [-0.15, -0.1) is 0 Å². The molecule has 2 aromatic rings. The van der Waals surface area contributed by atoms with E-state index in [0.29, 0.717) is 29.9 Å². The van der Waals surface area contributed by atoms with Crippen molar-refractivity contribution in [1.82, 2.24) is 19.5 Å². The fraction of sp³-hybridized carbons (Fsp3) is 0.800. The molecule has 0 amide bonds. The van der Waals surface area contributed by atoms with Gasteiger partial charge in [0, 0.05) is 0 Å². The van der Waals surface area contributed by atoms with E-state index < -0.39 is 32.1 Å². The van der Waals surface area contributed by atoms with Crippen LogP contribution in [0, 0.1) is 5.92 Å². The molecule has 0 aliphatic carbocycles. The van der Waals surface area contributed by atoms with Crippen molar-refractivity contribution in [3.8, 4) is 0 Å². The van der Waals surface area contributed by atoms with E-state index in [-0.39, 0.29) is 18.9 Å². The second kappa shape index (κ2) is 20.8. The van der Waals surface area contributed by atoms with Crippen LogP contribution in [0.3, 0.4) is 0 Å². The molecule has 0 radical (unpaired) electrons. The molecule has 5 atom stereocenters. The van der Waals surface area contributed by atoms with Crippen LogP contribution in [-0.4, -0.2) is 60.4 Å². The van der Waals surface area contributed by atoms with Crippen molar-refractivity contribution in [2.45, 2.75) is 142 Å². The van der Waals surface area contributed by atoms with Crippen molar-refractivity contribution < 1.29 is 28.8 Å². The Morgan fingerprint density at radius 2 is 1.57 bits per heavy atom. The first kappa shape index (κ1) is 36.1. The van der Waals surface area contributed by atoms with Crippen LogP contribution in [0.15, 0.2) is 12.7 Å². The third kappa shape index (κ3) is 13.9. The second-order valence-corrected chi connectivity index (χ2v) is 12.8. The van der Waals surface area contributed by atoms with Crippen molar-refractivity contribution in [1.29, 1.82) is 0 Å². The molecule has 5 unspecified atom stereocenters. The van der Waals surface area contributed by atoms with Gasteiger partial charge in [0.1, 0.15) is 18.2 Å². The van der Waals surface area contributed by atoms with Crippen LogP contribution in [0.5, 0.6) is 0 Å². The highest BCUT2D eigenvalue weighted by Gasteiger charge is 2.31. The van der Waals surface area contributed by atoms with Gasteiger partial charge >= 0.3 is 5.97 Å². The van der Waals surface area contributed by atoms with Crippen LogP contribution in [-0.2, 0) is 25.2 Å². The van der Waals surface area contributed by atoms with E-state index in [4.69, 9.17) is 15.0 Å². The minimum Gasteiger partial charge on any atom is -0.481 e. The molecule has 0 fully saturated rings. The quantitative estimate of drug-likeness (QED) is 0.0825. The maximum absolute atomic E-state index is 12.9. The third-order valence-electron chi connectivity index (χ3n) is 7.61. The SMILES string of the molecule is CCCCCCCCCCCCCCCC(O[PH](=O)COC(C)Cn1cnc2c(N)ncnc21)C(CC(C)O)C(=O)O. The molecule has 0 saturated carbocycles. The number of carboxylic acids is 1. The number of nitrogens with two attached hydrogens (primary N) is 1. The van der Waals surface area contributed by atoms with Gasteiger partial charge in [0.15, 0.2) is 11.5 Å². The maximum Gasteiger partial charge on any atom is 0.309 e. The number of aliphatic hydroxyl groups is 1. The Hall–Kier alpha value is -2.07. The average molecular weight is 612 g/mol. The van der Waals surface area contributed by atoms with E-state index in [1.807, 2.05) is 6.92 Å². The highest BCUT2D eigenvalue weighted by molar-refractivity contribution is 7.38. The van der Waals surface area contributed by atoms with Crippen molar-refractivity contribution in [2.75, 3.05) is 12.1 Å². The largest absolute Gasteiger partial charge is 0.481 e. The first-order valence-electron chi connectivity index (χ1n) is 15.9. The van der Waals surface area contributed by atoms with Crippen LogP contribution in [0.25, 0.3) is 11.2 Å². The molecule has 0 saturated heterocycles. The smallest absolute Gasteiger partial charge is 0.309 e. The predicted octanol–water partition coefficient (Wildman–Crippen LogP) is 6.58. The molecule has 2 aromatic heterocycles. The number of unbranched alkanes of at least 4 members (excludes halogenated alkanes) is 12. The Morgan fingerprint density at radius 3 is 2.14 bits per heavy atom. The van der Waals surface area contributed by atoms with E-state index in [1.54, 1.807) is 17.8 Å². The zero-order valence-electron chi connectivity index (χ0n) is 25.9. The number of fused-ring (bicyclic) bond motifs is 1. The lowest BCUT2D eigenvalue weighted by molar-refractivity contribution is -0.146. The number of aliphatic hydroxyl groups excluding tert-OH is 1. The molecule has 42 heavy (non-hydrogen) atoms. The van der Waals surface area contributed by atoms with Gasteiger partial charge in [-0.3, -0.25) is 9.36 Å². The molecule has 11 nitrogen and oxygen atoms in total. The molecule has 0 aromatic carbocycles. The molecule has 4 N–H and O–H groups in total. The van der Waals surface area contributed by atoms with E-state index in [2.05, 4.69) is 21.9 Å². The minimum absolute atomic E-state index is 0.0452. The first-order valence-corrected chi connectivity index (χ1v) is 17.4. The van der Waals surface area contributed by atoms with Crippen molar-refractivity contribution >= 4 is 31.0 Å². The standard InChI is InChI=1S/C30H54N5O6P/c1-4-5-6-7-8-9-10-11-12-13-14-15-16-17-26(25(30(37)38)18-23(2)36)41-42(39)22-40-24(3)19-35-21-34-27-28(31)32-20-33-29(27)35/h20-21,23-26,36,42H,4-19,22H2,1-3H3,(H,37,38)(H2,31,32,33). The summed E-state index contributed by atoms with van der Waals surface area (Å²) >= 11 is 0. The first-order chi connectivity index (χ1) is 20.2. The summed E-state index contributed by atoms with van der Waals surface area (Å²) in [7, 11) is -2.68. The number of rotatable bonds is 25. The van der Waals surface area contributed by atoms with Crippen LogP contribution < -0.4 is 5.73 Å². The number of aromatic nitrogens is 4. The number of carbonyl (C=O) groups is 1. The van der Waals surface area contributed by atoms with E-state index in [1.165, 1.54) is 70.5 Å². The van der Waals surface area contributed by atoms with E-state index in [0.717, 1.165) is 19.3 Å². The summed E-state index contributed by atoms with van der Waals surface area (Å²) in [6.45, 7) is 6.05. The normalized spacial score (nSPS) is 15.4. The topological polar surface area (TPSA) is 163 Å². The molecule has 240 valence electrons. The number of nitrogens with zero attached hydrogens (tertiary/aromatic N) is 4. The molecule has 2 heterocycles. The highest BCUT2D eigenvalue weighted by Crippen LogP contribution is 2.33. The number of hydrogen-bond donors (Lipinski definition) is 3. The lowest BCUT2D eigenvalue weighted by Crippen LogP contribution is -2.32. The fourth-order valence-corrected chi connectivity index (χ4v) is 6.37. The number of nitrogen functional groups attached to an aromatic ring is 1. The highest BCUT2D eigenvalue weighted by atomic mass is 31.1. The summed E-state index contributed by atoms with van der Waals surface area (Å²) in [5.74, 6) is -1.69. The Bertz CT molecular complexity index is 1050. The summed E-state index contributed by atoms with van der Waals surface area (Å²) in [5, 5.41) is 19.7. The molecule has 0 spiro atoms. The molecular weight excluding hydrogens is 557 g/mol. The fourth-order valence-electron chi connectivity index (χ4n) is 5.26. The molecular formula is C30H54N5O6P. The molecule has 0 aliphatic heterocycles. The summed E-state index contributed by atoms with van der Waals surface area (Å²) in [4.78, 5) is 24.4. The Kier molecular flexibility index (Phi) is 17.9. The molecule has 0 aliphatic rings. The molecule has 12 heteroatoms. The number of ether oxygens (including phenoxy) is 1. The summed E-state index contributed by atoms with van der Waals surface area (Å²) in [6.07, 6.45) is 17.3. The van der Waals surface area contributed by atoms with E-state index in [9.17, 15) is 19.6 Å². The van der Waals surface area contributed by atoms with Crippen LogP contribution in [0.2, 0.25) is 0 Å². The van der Waals surface area contributed by atoms with Crippen molar-refractivity contribution in [2.24, 2.45) is 5.92 Å². The van der Waals surface area contributed by atoms with Gasteiger partial charge in [0.05, 0.1) is 37.1 Å². The third-order valence-corrected chi connectivity index (χ3v) is 8.57. The Labute approximate surface area is 251 Å².